The third kappa shape index (κ3) is 4.64. The standard InChI is InChI=1S/C21H17NO6/c1-26-21(23)16-8-5-9-17(12-16)28-18-10-11-19(22(24)25)20(13-18)27-14-15-6-3-2-4-7-15/h2-13H,14H2,1H3. The van der Waals surface area contributed by atoms with Crippen LogP contribution in [0.2, 0.25) is 0 Å². The van der Waals surface area contributed by atoms with Crippen LogP contribution in [0.25, 0.3) is 0 Å². The van der Waals surface area contributed by atoms with Crippen LogP contribution in [-0.2, 0) is 11.3 Å². The van der Waals surface area contributed by atoms with Crippen LogP contribution in [0.5, 0.6) is 17.2 Å². The van der Waals surface area contributed by atoms with Gasteiger partial charge in [-0.3, -0.25) is 10.1 Å². The topological polar surface area (TPSA) is 87.9 Å². The Hall–Kier alpha value is -3.87. The summed E-state index contributed by atoms with van der Waals surface area (Å²) < 4.78 is 16.1. The number of rotatable bonds is 7. The van der Waals surface area contributed by atoms with Gasteiger partial charge in [0, 0.05) is 12.1 Å². The van der Waals surface area contributed by atoms with E-state index in [2.05, 4.69) is 4.74 Å². The third-order valence-electron chi connectivity index (χ3n) is 3.86. The highest BCUT2D eigenvalue weighted by Crippen LogP contribution is 2.34. The second kappa shape index (κ2) is 8.68. The van der Waals surface area contributed by atoms with Crippen molar-refractivity contribution < 1.29 is 23.9 Å². The zero-order valence-electron chi connectivity index (χ0n) is 15.0. The average Bonchev–Trinajstić information content (AvgIpc) is 2.72. The van der Waals surface area contributed by atoms with Gasteiger partial charge in [0.2, 0.25) is 5.75 Å². The molecule has 0 aromatic heterocycles. The van der Waals surface area contributed by atoms with E-state index < -0.39 is 10.9 Å². The minimum Gasteiger partial charge on any atom is -0.482 e. The first-order chi connectivity index (χ1) is 13.6. The van der Waals surface area contributed by atoms with Crippen LogP contribution >= 0.6 is 0 Å². The second-order valence-electron chi connectivity index (χ2n) is 5.78. The molecular formula is C21H17NO6. The Labute approximate surface area is 161 Å². The molecule has 3 aromatic carbocycles. The molecule has 7 heteroatoms. The van der Waals surface area contributed by atoms with E-state index in [0.29, 0.717) is 17.1 Å². The van der Waals surface area contributed by atoms with Crippen LogP contribution in [0.1, 0.15) is 15.9 Å². The first-order valence-corrected chi connectivity index (χ1v) is 8.38. The van der Waals surface area contributed by atoms with Crippen LogP contribution < -0.4 is 9.47 Å². The number of methoxy groups -OCH3 is 1. The summed E-state index contributed by atoms with van der Waals surface area (Å²) in [6.07, 6.45) is 0. The van der Waals surface area contributed by atoms with Gasteiger partial charge in [-0.1, -0.05) is 36.4 Å². The molecule has 0 atom stereocenters. The van der Waals surface area contributed by atoms with Crippen molar-refractivity contribution in [2.75, 3.05) is 7.11 Å². The lowest BCUT2D eigenvalue weighted by Crippen LogP contribution is -2.01. The van der Waals surface area contributed by atoms with Crippen molar-refractivity contribution in [1.82, 2.24) is 0 Å². The molecule has 3 rings (SSSR count). The number of esters is 1. The van der Waals surface area contributed by atoms with E-state index in [4.69, 9.17) is 9.47 Å². The van der Waals surface area contributed by atoms with E-state index in [-0.39, 0.29) is 18.0 Å². The lowest BCUT2D eigenvalue weighted by molar-refractivity contribution is -0.386. The van der Waals surface area contributed by atoms with Crippen LogP contribution in [0.4, 0.5) is 5.69 Å². The van der Waals surface area contributed by atoms with Crippen molar-refractivity contribution in [1.29, 1.82) is 0 Å². The fourth-order valence-electron chi connectivity index (χ4n) is 2.50. The van der Waals surface area contributed by atoms with Crippen LogP contribution in [0.15, 0.2) is 72.8 Å². The quantitative estimate of drug-likeness (QED) is 0.334. The normalized spacial score (nSPS) is 10.2. The zero-order chi connectivity index (χ0) is 19.9. The monoisotopic (exact) mass is 379 g/mol. The van der Waals surface area contributed by atoms with Crippen molar-refractivity contribution in [2.24, 2.45) is 0 Å². The predicted molar refractivity (Wildman–Crippen MR) is 102 cm³/mol. The van der Waals surface area contributed by atoms with Gasteiger partial charge in [-0.15, -0.1) is 0 Å². The maximum absolute atomic E-state index is 11.6. The molecule has 7 nitrogen and oxygen atoms in total. The molecule has 0 aliphatic carbocycles. The van der Waals surface area contributed by atoms with Gasteiger partial charge in [-0.2, -0.15) is 0 Å². The number of ether oxygens (including phenoxy) is 3. The van der Waals surface area contributed by atoms with E-state index in [9.17, 15) is 14.9 Å². The third-order valence-corrected chi connectivity index (χ3v) is 3.86. The molecule has 0 saturated carbocycles. The van der Waals surface area contributed by atoms with E-state index in [1.54, 1.807) is 18.2 Å². The summed E-state index contributed by atoms with van der Waals surface area (Å²) in [4.78, 5) is 22.4. The molecule has 0 aliphatic rings. The van der Waals surface area contributed by atoms with Gasteiger partial charge < -0.3 is 14.2 Å². The Kier molecular flexibility index (Phi) is 5.86. The molecule has 0 bridgehead atoms. The van der Waals surface area contributed by atoms with Crippen molar-refractivity contribution in [3.05, 3.63) is 94.0 Å². The fraction of sp³-hybridized carbons (Fsp3) is 0.0952. The lowest BCUT2D eigenvalue weighted by Gasteiger charge is -2.10. The summed E-state index contributed by atoms with van der Waals surface area (Å²) in [5.74, 6) is 0.345. The molecule has 0 aliphatic heterocycles. The maximum atomic E-state index is 11.6. The number of carbonyl (C=O) groups excluding carboxylic acids is 1. The lowest BCUT2D eigenvalue weighted by atomic mass is 10.2. The first kappa shape index (κ1) is 18.9. The van der Waals surface area contributed by atoms with Gasteiger partial charge >= 0.3 is 11.7 Å². The first-order valence-electron chi connectivity index (χ1n) is 8.38. The van der Waals surface area contributed by atoms with Gasteiger partial charge in [0.15, 0.2) is 0 Å². The highest BCUT2D eigenvalue weighted by molar-refractivity contribution is 5.89. The van der Waals surface area contributed by atoms with Crippen LogP contribution in [-0.4, -0.2) is 18.0 Å². The predicted octanol–water partition coefficient (Wildman–Crippen LogP) is 4.75. The second-order valence-corrected chi connectivity index (χ2v) is 5.78. The van der Waals surface area contributed by atoms with Crippen LogP contribution in [0, 0.1) is 10.1 Å². The summed E-state index contributed by atoms with van der Waals surface area (Å²) in [6, 6.07) is 20.0. The summed E-state index contributed by atoms with van der Waals surface area (Å²) in [6.45, 7) is 0.183. The molecule has 28 heavy (non-hydrogen) atoms. The average molecular weight is 379 g/mol. The maximum Gasteiger partial charge on any atom is 0.337 e. The van der Waals surface area contributed by atoms with Crippen molar-refractivity contribution in [3.8, 4) is 17.2 Å². The smallest absolute Gasteiger partial charge is 0.337 e. The summed E-state index contributed by atoms with van der Waals surface area (Å²) in [5.41, 5.74) is 1.06. The summed E-state index contributed by atoms with van der Waals surface area (Å²) in [5, 5.41) is 11.3. The number of nitrogens with zero attached hydrogens (tertiary/aromatic N) is 1. The van der Waals surface area contributed by atoms with E-state index in [0.717, 1.165) is 5.56 Å². The minimum atomic E-state index is -0.512. The molecule has 0 N–H and O–H groups in total. The molecule has 0 unspecified atom stereocenters. The molecule has 0 fully saturated rings. The van der Waals surface area contributed by atoms with Crippen molar-refractivity contribution in [2.45, 2.75) is 6.61 Å². The number of nitro groups is 1. The van der Waals surface area contributed by atoms with E-state index in [1.165, 1.54) is 31.4 Å². The summed E-state index contributed by atoms with van der Waals surface area (Å²) in [7, 11) is 1.29. The molecule has 0 amide bonds. The van der Waals surface area contributed by atoms with Gasteiger partial charge in [-0.25, -0.2) is 4.79 Å². The molecule has 142 valence electrons. The van der Waals surface area contributed by atoms with Crippen molar-refractivity contribution in [3.63, 3.8) is 0 Å². The number of benzene rings is 3. The zero-order valence-corrected chi connectivity index (χ0v) is 15.0. The SMILES string of the molecule is COC(=O)c1cccc(Oc2ccc([N+](=O)[O-])c(OCc3ccccc3)c2)c1. The summed E-state index contributed by atoms with van der Waals surface area (Å²) >= 11 is 0. The molecule has 3 aromatic rings. The van der Waals surface area contributed by atoms with Crippen molar-refractivity contribution >= 4 is 11.7 Å². The van der Waals surface area contributed by atoms with E-state index >= 15 is 0 Å². The molecule has 0 radical (unpaired) electrons. The fourth-order valence-corrected chi connectivity index (χ4v) is 2.50. The Balaban J connectivity index is 1.82. The highest BCUT2D eigenvalue weighted by atomic mass is 16.6. The molecular weight excluding hydrogens is 362 g/mol. The van der Waals surface area contributed by atoms with Crippen LogP contribution in [0.3, 0.4) is 0 Å². The highest BCUT2D eigenvalue weighted by Gasteiger charge is 2.17. The Morgan fingerprint density at radius 2 is 1.71 bits per heavy atom. The molecule has 0 saturated heterocycles. The number of nitro benzene ring substituents is 1. The largest absolute Gasteiger partial charge is 0.482 e. The molecule has 0 spiro atoms. The Morgan fingerprint density at radius 3 is 2.43 bits per heavy atom. The van der Waals surface area contributed by atoms with Gasteiger partial charge in [0.1, 0.15) is 18.1 Å². The number of carbonyl (C=O) groups is 1. The van der Waals surface area contributed by atoms with Gasteiger partial charge in [-0.05, 0) is 29.8 Å². The number of hydrogen-bond donors (Lipinski definition) is 0. The van der Waals surface area contributed by atoms with E-state index in [1.807, 2.05) is 30.3 Å². The van der Waals surface area contributed by atoms with Gasteiger partial charge in [0.05, 0.1) is 17.6 Å². The minimum absolute atomic E-state index is 0.0930. The Morgan fingerprint density at radius 1 is 0.964 bits per heavy atom. The molecule has 0 heterocycles. The Bertz CT molecular complexity index is 987. The number of hydrogen-bond acceptors (Lipinski definition) is 6. The van der Waals surface area contributed by atoms with Gasteiger partial charge in [0.25, 0.3) is 0 Å².